The number of aromatic nitrogens is 5. The fourth-order valence-electron chi connectivity index (χ4n) is 5.12. The average Bonchev–Trinajstić information content (AvgIpc) is 3.41. The number of fused-ring (bicyclic) bond motifs is 2. The molecule has 12 nitrogen and oxygen atoms in total. The number of pyridine rings is 1. The molecule has 0 aliphatic heterocycles. The molecule has 0 bridgehead atoms. The van der Waals surface area contributed by atoms with E-state index >= 15 is 0 Å². The molecule has 12 heteroatoms. The molecule has 0 saturated carbocycles. The summed E-state index contributed by atoms with van der Waals surface area (Å²) in [6.07, 6.45) is 3.03. The van der Waals surface area contributed by atoms with Gasteiger partial charge in [0.05, 0.1) is 17.9 Å². The summed E-state index contributed by atoms with van der Waals surface area (Å²) < 4.78 is 19.1. The number of rotatable bonds is 8. The van der Waals surface area contributed by atoms with Gasteiger partial charge in [-0.15, -0.1) is 10.2 Å². The van der Waals surface area contributed by atoms with Gasteiger partial charge in [-0.25, -0.2) is 14.8 Å². The summed E-state index contributed by atoms with van der Waals surface area (Å²) in [5.74, 6) is 1.57. The number of anilines is 1. The molecule has 3 heterocycles. The van der Waals surface area contributed by atoms with Crippen molar-refractivity contribution in [3.8, 4) is 5.75 Å². The highest BCUT2D eigenvalue weighted by Gasteiger charge is 2.31. The van der Waals surface area contributed by atoms with Gasteiger partial charge in [-0.05, 0) is 49.9 Å². The number of hydrogen-bond donors (Lipinski definition) is 2. The summed E-state index contributed by atoms with van der Waals surface area (Å²) in [4.78, 5) is 33.5. The molecule has 0 unspecified atom stereocenters. The monoisotopic (exact) mass is 601 g/mol. The minimum Gasteiger partial charge on any atom is -0.484 e. The minimum atomic E-state index is -0.626. The summed E-state index contributed by atoms with van der Waals surface area (Å²) in [6.45, 7) is 11.2. The van der Waals surface area contributed by atoms with E-state index in [-0.39, 0.29) is 24.2 Å². The summed E-state index contributed by atoms with van der Waals surface area (Å²) >= 11 is 0. The summed E-state index contributed by atoms with van der Waals surface area (Å²) in [7, 11) is 1.64. The number of nitrogens with one attached hydrogen (secondary N) is 2. The lowest BCUT2D eigenvalue weighted by molar-refractivity contribution is -0.142. The lowest BCUT2D eigenvalue weighted by atomic mass is 9.85. The Bertz CT molecular complexity index is 1680. The van der Waals surface area contributed by atoms with Gasteiger partial charge in [0.25, 0.3) is 0 Å². The second-order valence-electron chi connectivity index (χ2n) is 12.4. The van der Waals surface area contributed by atoms with Crippen molar-refractivity contribution in [1.82, 2.24) is 29.9 Å². The van der Waals surface area contributed by atoms with Crippen LogP contribution in [-0.2, 0) is 31.9 Å². The Hall–Kier alpha value is -4.58. The number of urea groups is 1. The highest BCUT2D eigenvalue weighted by atomic mass is 16.5. The maximum atomic E-state index is 13.2. The first kappa shape index (κ1) is 30.9. The number of ether oxygens (including phenoxy) is 3. The fourth-order valence-corrected chi connectivity index (χ4v) is 5.12. The highest BCUT2D eigenvalue weighted by Crippen LogP contribution is 2.39. The molecule has 4 aromatic rings. The number of nitrogens with zero attached hydrogens (tertiary/aromatic N) is 5. The molecule has 0 spiro atoms. The fraction of sp³-hybridized carbons (Fsp3) is 0.438. The Kier molecular flexibility index (Phi) is 8.55. The van der Waals surface area contributed by atoms with E-state index in [0.717, 1.165) is 16.8 Å². The molecule has 2 amide bonds. The zero-order valence-electron chi connectivity index (χ0n) is 26.2. The molecule has 1 aliphatic carbocycles. The standard InChI is InChI=1S/C32H39N7O5/c1-19(40)43-18-27-34-25(31(2,3)4)16-26(35-27)36-30(41)33-23-13-14-24(22-11-9-8-10-21(22)23)44-20-12-15-28-37-38-29(39(28)17-20)32(5,6)42-7/h8-12,15-17,23-24H,13-14,18H2,1-7H3,(H2,33,34,35,36,41)/t23-,24+/m0/s1. The molecule has 2 atom stereocenters. The van der Waals surface area contributed by atoms with E-state index in [1.165, 1.54) is 6.92 Å². The number of methoxy groups -OCH3 is 1. The van der Waals surface area contributed by atoms with Crippen LogP contribution in [0.1, 0.15) is 95.0 Å². The van der Waals surface area contributed by atoms with Crippen LogP contribution >= 0.6 is 0 Å². The van der Waals surface area contributed by atoms with Gasteiger partial charge in [-0.2, -0.15) is 0 Å². The number of benzene rings is 1. The summed E-state index contributed by atoms with van der Waals surface area (Å²) in [6, 6.07) is 12.8. The van der Waals surface area contributed by atoms with Gasteiger partial charge in [0.15, 0.2) is 23.9 Å². The van der Waals surface area contributed by atoms with Gasteiger partial charge in [0, 0.05) is 25.5 Å². The van der Waals surface area contributed by atoms with Crippen molar-refractivity contribution in [1.29, 1.82) is 0 Å². The van der Waals surface area contributed by atoms with Gasteiger partial charge in [0.1, 0.15) is 23.3 Å². The number of hydrogen-bond acceptors (Lipinski definition) is 9. The van der Waals surface area contributed by atoms with Crippen LogP contribution in [0.15, 0.2) is 48.7 Å². The summed E-state index contributed by atoms with van der Waals surface area (Å²) in [5, 5.41) is 14.5. The van der Waals surface area contributed by atoms with E-state index in [1.54, 1.807) is 13.2 Å². The highest BCUT2D eigenvalue weighted by molar-refractivity contribution is 5.88. The van der Waals surface area contributed by atoms with E-state index in [4.69, 9.17) is 14.2 Å². The Morgan fingerprint density at radius 1 is 1.00 bits per heavy atom. The van der Waals surface area contributed by atoms with Gasteiger partial charge in [-0.3, -0.25) is 14.5 Å². The third kappa shape index (κ3) is 6.80. The number of esters is 1. The minimum absolute atomic E-state index is 0.0807. The van der Waals surface area contributed by atoms with Crippen LogP contribution in [0.4, 0.5) is 10.6 Å². The Morgan fingerprint density at radius 3 is 2.45 bits per heavy atom. The molecule has 3 aromatic heterocycles. The van der Waals surface area contributed by atoms with Crippen LogP contribution < -0.4 is 15.4 Å². The predicted molar refractivity (Wildman–Crippen MR) is 163 cm³/mol. The topological polar surface area (TPSA) is 142 Å². The average molecular weight is 602 g/mol. The van der Waals surface area contributed by atoms with Gasteiger partial charge in [-0.1, -0.05) is 45.0 Å². The maximum absolute atomic E-state index is 13.2. The molecule has 1 aliphatic rings. The second-order valence-corrected chi connectivity index (χ2v) is 12.4. The van der Waals surface area contributed by atoms with Crippen LogP contribution in [0, 0.1) is 0 Å². The molecule has 232 valence electrons. The lowest BCUT2D eigenvalue weighted by Crippen LogP contribution is -2.36. The molecule has 44 heavy (non-hydrogen) atoms. The molecule has 5 rings (SSSR count). The molecular formula is C32H39N7O5. The second kappa shape index (κ2) is 12.2. The van der Waals surface area contributed by atoms with Crippen molar-refractivity contribution in [3.05, 3.63) is 77.1 Å². The van der Waals surface area contributed by atoms with Gasteiger partial charge >= 0.3 is 12.0 Å². The van der Waals surface area contributed by atoms with Crippen LogP contribution in [0.3, 0.4) is 0 Å². The maximum Gasteiger partial charge on any atom is 0.320 e. The van der Waals surface area contributed by atoms with Crippen molar-refractivity contribution in [2.45, 2.75) is 84.2 Å². The first-order chi connectivity index (χ1) is 20.8. The zero-order valence-corrected chi connectivity index (χ0v) is 26.2. The van der Waals surface area contributed by atoms with Crippen molar-refractivity contribution in [2.75, 3.05) is 12.4 Å². The molecule has 0 radical (unpaired) electrons. The van der Waals surface area contributed by atoms with Crippen LogP contribution in [0.5, 0.6) is 5.75 Å². The van der Waals surface area contributed by atoms with E-state index < -0.39 is 17.6 Å². The van der Waals surface area contributed by atoms with E-state index in [2.05, 4.69) is 30.8 Å². The summed E-state index contributed by atoms with van der Waals surface area (Å²) in [5.41, 5.74) is 2.48. The quantitative estimate of drug-likeness (QED) is 0.249. The van der Waals surface area contributed by atoms with E-state index in [1.807, 2.05) is 81.6 Å². The third-order valence-electron chi connectivity index (χ3n) is 7.63. The largest absolute Gasteiger partial charge is 0.484 e. The van der Waals surface area contributed by atoms with Gasteiger partial charge < -0.3 is 19.5 Å². The van der Waals surface area contributed by atoms with Crippen molar-refractivity contribution in [3.63, 3.8) is 0 Å². The first-order valence-electron chi connectivity index (χ1n) is 14.6. The Balaban J connectivity index is 1.32. The van der Waals surface area contributed by atoms with Crippen molar-refractivity contribution in [2.24, 2.45) is 0 Å². The number of amides is 2. The molecule has 1 aromatic carbocycles. The Morgan fingerprint density at radius 2 is 1.75 bits per heavy atom. The first-order valence-corrected chi connectivity index (χ1v) is 14.6. The van der Waals surface area contributed by atoms with Crippen LogP contribution in [0.25, 0.3) is 5.65 Å². The van der Waals surface area contributed by atoms with Crippen molar-refractivity contribution >= 4 is 23.5 Å². The number of carbonyl (C=O) groups excluding carboxylic acids is 2. The smallest absolute Gasteiger partial charge is 0.320 e. The van der Waals surface area contributed by atoms with E-state index in [9.17, 15) is 9.59 Å². The van der Waals surface area contributed by atoms with E-state index in [0.29, 0.717) is 41.7 Å². The molecule has 0 fully saturated rings. The molecule has 2 N–H and O–H groups in total. The normalized spacial score (nSPS) is 16.7. The Labute approximate surface area is 256 Å². The van der Waals surface area contributed by atoms with Crippen LogP contribution in [0.2, 0.25) is 0 Å². The third-order valence-corrected chi connectivity index (χ3v) is 7.63. The molecular weight excluding hydrogens is 562 g/mol. The number of carbonyl (C=O) groups is 2. The van der Waals surface area contributed by atoms with Crippen LogP contribution in [-0.4, -0.2) is 43.7 Å². The molecule has 0 saturated heterocycles. The zero-order chi connectivity index (χ0) is 31.6. The predicted octanol–water partition coefficient (Wildman–Crippen LogP) is 5.54. The van der Waals surface area contributed by atoms with Gasteiger partial charge in [0.2, 0.25) is 0 Å². The lowest BCUT2D eigenvalue weighted by Gasteiger charge is -2.32. The van der Waals surface area contributed by atoms with Crippen molar-refractivity contribution < 1.29 is 23.8 Å². The SMILES string of the molecule is COC(C)(C)c1nnc2ccc(O[C@@H]3CC[C@H](NC(=O)Nc4cc(C(C)(C)C)nc(COC(C)=O)n4)c4ccccc43)cn12.